The lowest BCUT2D eigenvalue weighted by Gasteiger charge is -2.22. The predicted octanol–water partition coefficient (Wildman–Crippen LogP) is 6.60. The summed E-state index contributed by atoms with van der Waals surface area (Å²) in [7, 11) is 0. The third-order valence-electron chi connectivity index (χ3n) is 5.14. The van der Waals surface area contributed by atoms with Gasteiger partial charge in [-0.05, 0) is 67.6 Å². The summed E-state index contributed by atoms with van der Waals surface area (Å²) in [6, 6.07) is 10.0. The number of esters is 1. The number of nitrogens with zero attached hydrogens (tertiary/aromatic N) is 1. The molecule has 0 spiro atoms. The van der Waals surface area contributed by atoms with E-state index in [-0.39, 0.29) is 6.10 Å². The van der Waals surface area contributed by atoms with E-state index in [4.69, 9.17) is 16.3 Å². The normalized spacial score (nSPS) is 14.1. The second-order valence-corrected chi connectivity index (χ2v) is 8.66. The number of rotatable bonds is 5. The van der Waals surface area contributed by atoms with Gasteiger partial charge >= 0.3 is 12.0 Å². The maximum absolute atomic E-state index is 13.1. The fourth-order valence-electron chi connectivity index (χ4n) is 3.59. The molecule has 0 bridgehead atoms. The van der Waals surface area contributed by atoms with Crippen LogP contribution in [0.2, 0.25) is 5.02 Å². The minimum Gasteiger partial charge on any atom is -0.459 e. The number of urea groups is 1. The van der Waals surface area contributed by atoms with Crippen molar-refractivity contribution in [1.29, 1.82) is 0 Å². The summed E-state index contributed by atoms with van der Waals surface area (Å²) in [6.07, 6.45) is 8.31. The van der Waals surface area contributed by atoms with Gasteiger partial charge in [-0.15, -0.1) is 11.3 Å². The van der Waals surface area contributed by atoms with Gasteiger partial charge in [-0.1, -0.05) is 18.0 Å². The van der Waals surface area contributed by atoms with Gasteiger partial charge in [0.25, 0.3) is 0 Å². The molecule has 8 heteroatoms. The maximum Gasteiger partial charge on any atom is 0.342 e. The summed E-state index contributed by atoms with van der Waals surface area (Å²) in [6.45, 7) is 0. The molecule has 1 fully saturated rings. The highest BCUT2D eigenvalue weighted by Gasteiger charge is 2.26. The van der Waals surface area contributed by atoms with E-state index in [9.17, 15) is 9.59 Å². The van der Waals surface area contributed by atoms with Gasteiger partial charge in [0.1, 0.15) is 16.7 Å². The largest absolute Gasteiger partial charge is 0.459 e. The number of hydrogen-bond donors (Lipinski definition) is 2. The average molecular weight is 456 g/mol. The number of carbonyl (C=O) groups is 2. The number of aromatic nitrogens is 1. The molecule has 160 valence electrons. The zero-order chi connectivity index (χ0) is 21.6. The summed E-state index contributed by atoms with van der Waals surface area (Å²) in [4.78, 5) is 29.8. The second kappa shape index (κ2) is 9.94. The lowest BCUT2D eigenvalue weighted by molar-refractivity contribution is 0.0214. The molecule has 2 amide bonds. The number of ether oxygens (including phenoxy) is 1. The Hall–Kier alpha value is -2.90. The van der Waals surface area contributed by atoms with Crippen molar-refractivity contribution in [3.8, 4) is 11.1 Å². The zero-order valence-corrected chi connectivity index (χ0v) is 18.3. The number of carbonyl (C=O) groups excluding carboxylic acids is 2. The molecule has 0 aliphatic heterocycles. The Balaban J connectivity index is 1.57. The van der Waals surface area contributed by atoms with Crippen LogP contribution in [0.1, 0.15) is 42.5 Å². The van der Waals surface area contributed by atoms with Crippen LogP contribution in [0.3, 0.4) is 0 Å². The third kappa shape index (κ3) is 5.42. The molecular formula is C23H22ClN3O3S. The number of halogens is 1. The standard InChI is InChI=1S/C23H22ClN3O3S/c24-16-6-8-17(9-7-16)26-23(29)27-21-20(22(28)30-18-4-2-1-3-5-18)19(14-31-21)15-10-12-25-13-11-15/h6-14,18H,1-5H2,(H2,26,27,29). The average Bonchev–Trinajstić information content (AvgIpc) is 3.20. The number of thiophene rings is 1. The van der Waals surface area contributed by atoms with E-state index in [1.807, 2.05) is 17.5 Å². The first kappa shape index (κ1) is 21.3. The molecular weight excluding hydrogens is 434 g/mol. The molecule has 2 N–H and O–H groups in total. The molecule has 2 heterocycles. The summed E-state index contributed by atoms with van der Waals surface area (Å²) < 4.78 is 5.82. The van der Waals surface area contributed by atoms with Crippen LogP contribution in [-0.4, -0.2) is 23.1 Å². The van der Waals surface area contributed by atoms with Crippen LogP contribution in [0.25, 0.3) is 11.1 Å². The van der Waals surface area contributed by atoms with E-state index in [1.54, 1.807) is 36.7 Å². The molecule has 1 aromatic carbocycles. The van der Waals surface area contributed by atoms with Gasteiger partial charge in [-0.2, -0.15) is 0 Å². The van der Waals surface area contributed by atoms with Gasteiger partial charge in [-0.25, -0.2) is 9.59 Å². The van der Waals surface area contributed by atoms with E-state index in [2.05, 4.69) is 15.6 Å². The molecule has 0 saturated heterocycles. The van der Waals surface area contributed by atoms with Crippen molar-refractivity contribution in [2.45, 2.75) is 38.2 Å². The molecule has 1 aliphatic rings. The summed E-state index contributed by atoms with van der Waals surface area (Å²) in [5, 5.41) is 8.43. The van der Waals surface area contributed by atoms with Crippen molar-refractivity contribution in [2.24, 2.45) is 0 Å². The Labute approximate surface area is 189 Å². The Morgan fingerprint density at radius 1 is 1.00 bits per heavy atom. The highest BCUT2D eigenvalue weighted by atomic mass is 35.5. The van der Waals surface area contributed by atoms with Crippen molar-refractivity contribution in [3.63, 3.8) is 0 Å². The van der Waals surface area contributed by atoms with Gasteiger partial charge in [-0.3, -0.25) is 10.3 Å². The van der Waals surface area contributed by atoms with E-state index >= 15 is 0 Å². The fourth-order valence-corrected chi connectivity index (χ4v) is 4.67. The van der Waals surface area contributed by atoms with Crippen LogP contribution >= 0.6 is 22.9 Å². The minimum absolute atomic E-state index is 0.0813. The highest BCUT2D eigenvalue weighted by Crippen LogP contribution is 2.37. The van der Waals surface area contributed by atoms with Gasteiger partial charge in [0.2, 0.25) is 0 Å². The first-order valence-electron chi connectivity index (χ1n) is 10.2. The lowest BCUT2D eigenvalue weighted by Crippen LogP contribution is -2.23. The number of anilines is 2. The molecule has 2 aromatic heterocycles. The fraction of sp³-hybridized carbons (Fsp3) is 0.261. The molecule has 1 saturated carbocycles. The van der Waals surface area contributed by atoms with Gasteiger partial charge in [0.05, 0.1) is 0 Å². The Morgan fingerprint density at radius 2 is 1.71 bits per heavy atom. The van der Waals surface area contributed by atoms with Crippen LogP contribution in [-0.2, 0) is 4.74 Å². The van der Waals surface area contributed by atoms with Crippen LogP contribution in [0.15, 0.2) is 54.2 Å². The molecule has 1 aliphatic carbocycles. The van der Waals surface area contributed by atoms with E-state index in [0.29, 0.717) is 21.3 Å². The van der Waals surface area contributed by atoms with Gasteiger partial charge in [0, 0.05) is 34.0 Å². The Morgan fingerprint density at radius 3 is 2.42 bits per heavy atom. The lowest BCUT2D eigenvalue weighted by atomic mass is 9.97. The Bertz CT molecular complexity index is 1050. The molecule has 6 nitrogen and oxygen atoms in total. The van der Waals surface area contributed by atoms with Crippen molar-refractivity contribution in [2.75, 3.05) is 10.6 Å². The monoisotopic (exact) mass is 455 g/mol. The third-order valence-corrected chi connectivity index (χ3v) is 6.29. The summed E-state index contributed by atoms with van der Waals surface area (Å²) >= 11 is 7.18. The first-order chi connectivity index (χ1) is 15.1. The minimum atomic E-state index is -0.447. The first-order valence-corrected chi connectivity index (χ1v) is 11.4. The molecule has 0 radical (unpaired) electrons. The van der Waals surface area contributed by atoms with Crippen LogP contribution < -0.4 is 10.6 Å². The van der Waals surface area contributed by atoms with Crippen molar-refractivity contribution < 1.29 is 14.3 Å². The quantitative estimate of drug-likeness (QED) is 0.425. The number of hydrogen-bond acceptors (Lipinski definition) is 5. The van der Waals surface area contributed by atoms with E-state index in [1.165, 1.54) is 17.8 Å². The van der Waals surface area contributed by atoms with Crippen LogP contribution in [0.4, 0.5) is 15.5 Å². The summed E-state index contributed by atoms with van der Waals surface area (Å²) in [5.74, 6) is -0.415. The van der Waals surface area contributed by atoms with E-state index in [0.717, 1.165) is 36.8 Å². The number of pyridine rings is 1. The molecule has 31 heavy (non-hydrogen) atoms. The number of benzene rings is 1. The molecule has 0 unspecified atom stereocenters. The number of amides is 2. The van der Waals surface area contributed by atoms with Crippen molar-refractivity contribution in [3.05, 3.63) is 64.8 Å². The van der Waals surface area contributed by atoms with Crippen LogP contribution in [0, 0.1) is 0 Å². The molecule has 4 rings (SSSR count). The predicted molar refractivity (Wildman–Crippen MR) is 124 cm³/mol. The molecule has 3 aromatic rings. The van der Waals surface area contributed by atoms with Crippen molar-refractivity contribution in [1.82, 2.24) is 4.98 Å². The zero-order valence-electron chi connectivity index (χ0n) is 16.8. The highest BCUT2D eigenvalue weighted by molar-refractivity contribution is 7.15. The van der Waals surface area contributed by atoms with Crippen molar-refractivity contribution >= 4 is 45.6 Å². The summed E-state index contributed by atoms with van der Waals surface area (Å²) in [5.41, 5.74) is 2.52. The smallest absolute Gasteiger partial charge is 0.342 e. The van der Waals surface area contributed by atoms with E-state index < -0.39 is 12.0 Å². The van der Waals surface area contributed by atoms with Gasteiger partial charge < -0.3 is 10.1 Å². The Kier molecular flexibility index (Phi) is 6.84. The van der Waals surface area contributed by atoms with Gasteiger partial charge in [0.15, 0.2) is 0 Å². The molecule has 0 atom stereocenters. The SMILES string of the molecule is O=C(Nc1ccc(Cl)cc1)Nc1scc(-c2ccncc2)c1C(=O)OC1CCCCC1. The number of nitrogens with one attached hydrogen (secondary N) is 2. The van der Waals surface area contributed by atoms with Crippen LogP contribution in [0.5, 0.6) is 0 Å². The topological polar surface area (TPSA) is 80.3 Å². The maximum atomic E-state index is 13.1. The second-order valence-electron chi connectivity index (χ2n) is 7.34.